The number of pyridine rings is 1. The number of benzene rings is 1. The lowest BCUT2D eigenvalue weighted by atomic mass is 10.1. The number of rotatable bonds is 5. The fourth-order valence-electron chi connectivity index (χ4n) is 4.76. The largest absolute Gasteiger partial charge is 0.365 e. The Morgan fingerprint density at radius 3 is 2.31 bits per heavy atom. The fourth-order valence-corrected chi connectivity index (χ4v) is 4.76. The molecule has 1 saturated heterocycles. The van der Waals surface area contributed by atoms with Crippen LogP contribution >= 0.6 is 0 Å². The van der Waals surface area contributed by atoms with Crippen LogP contribution in [0.15, 0.2) is 73.6 Å². The molecular formula is C27H28N8. The maximum atomic E-state index is 4.67. The van der Waals surface area contributed by atoms with Gasteiger partial charge in [-0.05, 0) is 24.1 Å². The number of aryl methyl sites for hydroxylation is 2. The van der Waals surface area contributed by atoms with E-state index in [0.29, 0.717) is 0 Å². The maximum Gasteiger partial charge on any atom is 0.225 e. The van der Waals surface area contributed by atoms with Crippen molar-refractivity contribution in [2.75, 3.05) is 36.0 Å². The van der Waals surface area contributed by atoms with Gasteiger partial charge in [0, 0.05) is 75.6 Å². The van der Waals surface area contributed by atoms with E-state index in [4.69, 9.17) is 0 Å². The molecular weight excluding hydrogens is 436 g/mol. The SMILES string of the molecule is Cc1cccc(Cc2cnc(N3CCN(c4cnn5cc(-c6cnn(C)c6)ccc45)CC3)nc2)c1. The molecule has 35 heavy (non-hydrogen) atoms. The van der Waals surface area contributed by atoms with Crippen LogP contribution in [-0.2, 0) is 13.5 Å². The first-order valence-electron chi connectivity index (χ1n) is 12.0. The molecule has 0 aliphatic carbocycles. The highest BCUT2D eigenvalue weighted by atomic mass is 15.3. The number of hydrogen-bond donors (Lipinski definition) is 0. The number of aromatic nitrogens is 6. The second-order valence-electron chi connectivity index (χ2n) is 9.21. The molecule has 176 valence electrons. The van der Waals surface area contributed by atoms with Crippen molar-refractivity contribution < 1.29 is 0 Å². The molecule has 0 amide bonds. The number of hydrogen-bond acceptors (Lipinski definition) is 6. The monoisotopic (exact) mass is 464 g/mol. The van der Waals surface area contributed by atoms with Crippen LogP contribution in [0.25, 0.3) is 16.6 Å². The molecule has 5 heterocycles. The van der Waals surface area contributed by atoms with Gasteiger partial charge in [-0.15, -0.1) is 0 Å². The average molecular weight is 465 g/mol. The molecule has 8 heteroatoms. The van der Waals surface area contributed by atoms with Crippen LogP contribution in [0.4, 0.5) is 11.6 Å². The lowest BCUT2D eigenvalue weighted by Crippen LogP contribution is -2.47. The molecule has 0 saturated carbocycles. The summed E-state index contributed by atoms with van der Waals surface area (Å²) in [6.07, 6.45) is 12.7. The molecule has 0 atom stereocenters. The van der Waals surface area contributed by atoms with Gasteiger partial charge in [-0.1, -0.05) is 35.9 Å². The summed E-state index contributed by atoms with van der Waals surface area (Å²) in [5, 5.41) is 8.90. The predicted octanol–water partition coefficient (Wildman–Crippen LogP) is 3.75. The van der Waals surface area contributed by atoms with Crippen LogP contribution in [0.1, 0.15) is 16.7 Å². The second kappa shape index (κ2) is 8.87. The molecule has 0 radical (unpaired) electrons. The van der Waals surface area contributed by atoms with Crippen LogP contribution < -0.4 is 9.80 Å². The minimum Gasteiger partial charge on any atom is -0.365 e. The van der Waals surface area contributed by atoms with Crippen LogP contribution in [0.5, 0.6) is 0 Å². The molecule has 1 aromatic carbocycles. The minimum atomic E-state index is 0.804. The maximum absolute atomic E-state index is 4.67. The van der Waals surface area contributed by atoms with Crippen LogP contribution in [0.3, 0.4) is 0 Å². The fraction of sp³-hybridized carbons (Fsp3) is 0.259. The van der Waals surface area contributed by atoms with Crippen molar-refractivity contribution in [2.45, 2.75) is 13.3 Å². The van der Waals surface area contributed by atoms with Crippen LogP contribution in [-0.4, -0.2) is 55.5 Å². The van der Waals surface area contributed by atoms with E-state index in [0.717, 1.165) is 66.4 Å². The van der Waals surface area contributed by atoms with Gasteiger partial charge in [-0.3, -0.25) is 4.68 Å². The van der Waals surface area contributed by atoms with Gasteiger partial charge in [-0.2, -0.15) is 10.2 Å². The van der Waals surface area contributed by atoms with Crippen molar-refractivity contribution in [3.05, 3.63) is 90.3 Å². The summed E-state index contributed by atoms with van der Waals surface area (Å²) in [6.45, 7) is 5.68. The molecule has 0 spiro atoms. The Morgan fingerprint density at radius 1 is 0.771 bits per heavy atom. The minimum absolute atomic E-state index is 0.804. The Kier molecular flexibility index (Phi) is 5.41. The third-order valence-electron chi connectivity index (χ3n) is 6.62. The molecule has 5 aromatic rings. The van der Waals surface area contributed by atoms with Gasteiger partial charge in [0.05, 0.1) is 23.6 Å². The summed E-state index contributed by atoms with van der Waals surface area (Å²) in [5.74, 6) is 0.804. The van der Waals surface area contributed by atoms with Crippen molar-refractivity contribution in [2.24, 2.45) is 7.05 Å². The van der Waals surface area contributed by atoms with Crippen LogP contribution in [0, 0.1) is 6.92 Å². The van der Waals surface area contributed by atoms with E-state index in [-0.39, 0.29) is 0 Å². The second-order valence-corrected chi connectivity index (χ2v) is 9.21. The Labute approximate surface area is 204 Å². The van der Waals surface area contributed by atoms with E-state index < -0.39 is 0 Å². The summed E-state index contributed by atoms with van der Waals surface area (Å²) >= 11 is 0. The van der Waals surface area contributed by atoms with E-state index in [9.17, 15) is 0 Å². The number of piperazine rings is 1. The van der Waals surface area contributed by atoms with Crippen LogP contribution in [0.2, 0.25) is 0 Å². The van der Waals surface area contributed by atoms with Crippen molar-refractivity contribution in [3.63, 3.8) is 0 Å². The smallest absolute Gasteiger partial charge is 0.225 e. The molecule has 0 unspecified atom stereocenters. The molecule has 1 aliphatic heterocycles. The zero-order valence-corrected chi connectivity index (χ0v) is 20.0. The molecule has 1 aliphatic rings. The zero-order valence-electron chi connectivity index (χ0n) is 20.0. The van der Waals surface area contributed by atoms with E-state index in [1.807, 2.05) is 47.2 Å². The third-order valence-corrected chi connectivity index (χ3v) is 6.62. The third kappa shape index (κ3) is 4.35. The molecule has 6 rings (SSSR count). The average Bonchev–Trinajstić information content (AvgIpc) is 3.50. The number of nitrogens with zero attached hydrogens (tertiary/aromatic N) is 8. The standard InChI is InChI=1S/C27H28N8/c1-20-4-3-5-21(12-20)13-22-14-28-27(29-15-22)34-10-8-33(9-11-34)26-17-31-35-19-23(6-7-25(26)35)24-16-30-32(2)18-24/h3-7,12,14-19H,8-11,13H2,1-2H3. The summed E-state index contributed by atoms with van der Waals surface area (Å²) in [4.78, 5) is 14.0. The van der Waals surface area contributed by atoms with Gasteiger partial charge < -0.3 is 9.80 Å². The highest BCUT2D eigenvalue weighted by molar-refractivity contribution is 5.75. The molecule has 1 fully saturated rings. The number of anilines is 2. The summed E-state index contributed by atoms with van der Waals surface area (Å²) in [5.41, 5.74) is 8.17. The van der Waals surface area contributed by atoms with Crippen molar-refractivity contribution in [1.82, 2.24) is 29.4 Å². The molecule has 0 N–H and O–H groups in total. The van der Waals surface area contributed by atoms with E-state index in [1.54, 1.807) is 0 Å². The Balaban J connectivity index is 1.11. The quantitative estimate of drug-likeness (QED) is 0.395. The topological polar surface area (TPSA) is 67.4 Å². The van der Waals surface area contributed by atoms with Gasteiger partial charge in [0.2, 0.25) is 5.95 Å². The van der Waals surface area contributed by atoms with E-state index in [1.165, 1.54) is 11.1 Å². The highest BCUT2D eigenvalue weighted by Gasteiger charge is 2.21. The van der Waals surface area contributed by atoms with Crippen molar-refractivity contribution in [3.8, 4) is 11.1 Å². The molecule has 4 aromatic heterocycles. The Hall–Kier alpha value is -4.20. The summed E-state index contributed by atoms with van der Waals surface area (Å²) in [7, 11) is 1.93. The summed E-state index contributed by atoms with van der Waals surface area (Å²) in [6, 6.07) is 12.9. The first-order chi connectivity index (χ1) is 17.1. The van der Waals surface area contributed by atoms with E-state index in [2.05, 4.69) is 79.5 Å². The summed E-state index contributed by atoms with van der Waals surface area (Å²) < 4.78 is 3.77. The van der Waals surface area contributed by atoms with E-state index >= 15 is 0 Å². The Morgan fingerprint density at radius 2 is 1.57 bits per heavy atom. The molecule has 8 nitrogen and oxygen atoms in total. The van der Waals surface area contributed by atoms with Crippen molar-refractivity contribution in [1.29, 1.82) is 0 Å². The lowest BCUT2D eigenvalue weighted by molar-refractivity contribution is 0.641. The van der Waals surface area contributed by atoms with Crippen molar-refractivity contribution >= 4 is 17.2 Å². The Bertz CT molecular complexity index is 1460. The van der Waals surface area contributed by atoms with Gasteiger partial charge in [0.1, 0.15) is 0 Å². The normalized spacial score (nSPS) is 14.1. The zero-order chi connectivity index (χ0) is 23.8. The number of fused-ring (bicyclic) bond motifs is 1. The first-order valence-corrected chi connectivity index (χ1v) is 12.0. The van der Waals surface area contributed by atoms with Gasteiger partial charge in [-0.25, -0.2) is 14.5 Å². The molecule has 0 bridgehead atoms. The first kappa shape index (κ1) is 21.3. The lowest BCUT2D eigenvalue weighted by Gasteiger charge is -2.35. The highest BCUT2D eigenvalue weighted by Crippen LogP contribution is 2.27. The predicted molar refractivity (Wildman–Crippen MR) is 138 cm³/mol. The van der Waals surface area contributed by atoms with Gasteiger partial charge >= 0.3 is 0 Å². The van der Waals surface area contributed by atoms with Gasteiger partial charge in [0.25, 0.3) is 0 Å². The van der Waals surface area contributed by atoms with Gasteiger partial charge in [0.15, 0.2) is 0 Å².